The van der Waals surface area contributed by atoms with E-state index in [1.165, 1.54) is 24.3 Å². The molecule has 77 valence electrons. The second-order valence-electron chi connectivity index (χ2n) is 2.57. The first-order valence-corrected chi connectivity index (χ1v) is 5.30. The number of hydrogen-bond acceptors (Lipinski definition) is 4. The van der Waals surface area contributed by atoms with Crippen molar-refractivity contribution in [2.75, 3.05) is 11.9 Å². The Kier molecular flexibility index (Phi) is 6.07. The first kappa shape index (κ1) is 14.6. The fourth-order valence-electron chi connectivity index (χ4n) is 0.901. The molecular weight excluding hydrogens is 227 g/mol. The molecule has 0 unspecified atom stereocenters. The summed E-state index contributed by atoms with van der Waals surface area (Å²) in [5.74, 6) is 0. The molecular formula is C8H10N2NaO3S. The van der Waals surface area contributed by atoms with Gasteiger partial charge in [-0.25, -0.2) is 13.6 Å². The van der Waals surface area contributed by atoms with Crippen LogP contribution in [0.1, 0.15) is 0 Å². The molecule has 0 saturated carbocycles. The summed E-state index contributed by atoms with van der Waals surface area (Å²) in [6, 6.07) is 5.78. The number of carbonyl (C=O) groups excluding carboxylic acids is 1. The standard InChI is InChI=1S/C8H9N2O3S.Na.H/c9-14(12,13)8-3-1-7(2-4-8)10-5-6-11;;/h1-4,10H,5H2,(H2,9,12,13);;. The van der Waals surface area contributed by atoms with Crippen LogP contribution in [0.5, 0.6) is 0 Å². The molecule has 0 atom stereocenters. The molecule has 15 heavy (non-hydrogen) atoms. The van der Waals surface area contributed by atoms with E-state index in [9.17, 15) is 13.2 Å². The van der Waals surface area contributed by atoms with Crippen molar-refractivity contribution >= 4 is 51.6 Å². The quantitative estimate of drug-likeness (QED) is 0.671. The number of anilines is 1. The molecule has 0 fully saturated rings. The van der Waals surface area contributed by atoms with Gasteiger partial charge in [-0.05, 0) is 24.3 Å². The summed E-state index contributed by atoms with van der Waals surface area (Å²) in [5, 5.41) is 7.61. The maximum absolute atomic E-state index is 10.9. The Morgan fingerprint density at radius 3 is 2.20 bits per heavy atom. The molecule has 1 rings (SSSR count). The third kappa shape index (κ3) is 4.76. The van der Waals surface area contributed by atoms with Gasteiger partial charge in [-0.3, -0.25) is 4.79 Å². The van der Waals surface area contributed by atoms with Gasteiger partial charge in [-0.15, -0.1) is 0 Å². The summed E-state index contributed by atoms with van der Waals surface area (Å²) in [4.78, 5) is 9.94. The van der Waals surface area contributed by atoms with Crippen LogP contribution in [-0.2, 0) is 14.8 Å². The monoisotopic (exact) mass is 237 g/mol. The molecule has 5 nitrogen and oxygen atoms in total. The van der Waals surface area contributed by atoms with Gasteiger partial charge in [0.2, 0.25) is 16.3 Å². The van der Waals surface area contributed by atoms with Crippen molar-refractivity contribution in [1.29, 1.82) is 0 Å². The van der Waals surface area contributed by atoms with Crippen LogP contribution in [0.2, 0.25) is 0 Å². The van der Waals surface area contributed by atoms with E-state index in [0.29, 0.717) is 5.69 Å². The molecule has 0 spiro atoms. The molecule has 0 bridgehead atoms. The van der Waals surface area contributed by atoms with Crippen LogP contribution in [0.15, 0.2) is 29.2 Å². The number of nitrogens with one attached hydrogen (secondary N) is 1. The average Bonchev–Trinajstić information content (AvgIpc) is 2.14. The summed E-state index contributed by atoms with van der Waals surface area (Å²) in [7, 11) is -3.65. The summed E-state index contributed by atoms with van der Waals surface area (Å²) in [5.41, 5.74) is 0.640. The van der Waals surface area contributed by atoms with Crippen molar-refractivity contribution in [2.45, 2.75) is 4.90 Å². The third-order valence-electron chi connectivity index (χ3n) is 1.55. The Balaban J connectivity index is 0.00000196. The van der Waals surface area contributed by atoms with E-state index in [0.717, 1.165) is 0 Å². The van der Waals surface area contributed by atoms with E-state index in [-0.39, 0.29) is 41.0 Å². The molecule has 0 aliphatic heterocycles. The third-order valence-corrected chi connectivity index (χ3v) is 2.48. The van der Waals surface area contributed by atoms with E-state index in [2.05, 4.69) is 5.32 Å². The summed E-state index contributed by atoms with van der Waals surface area (Å²) in [6.07, 6.45) is 1.66. The number of nitrogens with two attached hydrogens (primary N) is 1. The van der Waals surface area contributed by atoms with Gasteiger partial charge in [0, 0.05) is 5.69 Å². The summed E-state index contributed by atoms with van der Waals surface area (Å²) >= 11 is 0. The van der Waals surface area contributed by atoms with Crippen LogP contribution < -0.4 is 10.5 Å². The van der Waals surface area contributed by atoms with E-state index >= 15 is 0 Å². The van der Waals surface area contributed by atoms with Crippen molar-refractivity contribution < 1.29 is 13.2 Å². The zero-order valence-electron chi connectivity index (χ0n) is 7.23. The van der Waals surface area contributed by atoms with Gasteiger partial charge in [-0.2, -0.15) is 0 Å². The fourth-order valence-corrected chi connectivity index (χ4v) is 1.42. The Hall–Kier alpha value is -0.400. The SMILES string of the molecule is NS(=O)(=O)c1ccc(NC[C]=O)cc1.[NaH]. The zero-order valence-corrected chi connectivity index (χ0v) is 8.04. The van der Waals surface area contributed by atoms with Crippen LogP contribution in [0.25, 0.3) is 0 Å². The Labute approximate surface area is 110 Å². The number of sulfonamides is 1. The molecule has 0 aliphatic rings. The summed E-state index contributed by atoms with van der Waals surface area (Å²) < 4.78 is 21.7. The van der Waals surface area contributed by atoms with Gasteiger partial charge >= 0.3 is 29.6 Å². The van der Waals surface area contributed by atoms with Crippen LogP contribution >= 0.6 is 0 Å². The fraction of sp³-hybridized carbons (Fsp3) is 0.125. The van der Waals surface area contributed by atoms with Crippen LogP contribution in [0, 0.1) is 0 Å². The molecule has 0 amide bonds. The number of rotatable bonds is 4. The van der Waals surface area contributed by atoms with Crippen molar-refractivity contribution in [2.24, 2.45) is 5.14 Å². The normalized spacial score (nSPS) is 10.2. The van der Waals surface area contributed by atoms with Crippen LogP contribution in [0.3, 0.4) is 0 Å². The Morgan fingerprint density at radius 2 is 1.80 bits per heavy atom. The van der Waals surface area contributed by atoms with Gasteiger partial charge in [0.15, 0.2) is 0 Å². The van der Waals surface area contributed by atoms with Crippen LogP contribution in [0.4, 0.5) is 5.69 Å². The zero-order chi connectivity index (χ0) is 10.6. The van der Waals surface area contributed by atoms with Crippen molar-refractivity contribution in [3.63, 3.8) is 0 Å². The van der Waals surface area contributed by atoms with E-state index in [1.54, 1.807) is 6.29 Å². The van der Waals surface area contributed by atoms with Gasteiger partial charge in [-0.1, -0.05) is 0 Å². The first-order valence-electron chi connectivity index (χ1n) is 3.76. The molecule has 1 radical (unpaired) electrons. The topological polar surface area (TPSA) is 89.3 Å². The van der Waals surface area contributed by atoms with E-state index in [1.807, 2.05) is 0 Å². The second kappa shape index (κ2) is 6.24. The summed E-state index contributed by atoms with van der Waals surface area (Å²) in [6.45, 7) is 0.0642. The maximum atomic E-state index is 10.9. The predicted octanol–water partition coefficient (Wildman–Crippen LogP) is -0.793. The number of primary sulfonamides is 1. The van der Waals surface area contributed by atoms with E-state index < -0.39 is 10.0 Å². The van der Waals surface area contributed by atoms with E-state index in [4.69, 9.17) is 5.14 Å². The molecule has 0 aliphatic carbocycles. The molecule has 3 N–H and O–H groups in total. The van der Waals surface area contributed by atoms with Crippen molar-refractivity contribution in [3.8, 4) is 0 Å². The average molecular weight is 237 g/mol. The minimum atomic E-state index is -3.65. The molecule has 1 aromatic rings. The van der Waals surface area contributed by atoms with Crippen molar-refractivity contribution in [3.05, 3.63) is 24.3 Å². The first-order chi connectivity index (χ1) is 6.54. The molecule has 7 heteroatoms. The van der Waals surface area contributed by atoms with Gasteiger partial charge in [0.05, 0.1) is 11.4 Å². The van der Waals surface area contributed by atoms with Crippen LogP contribution in [-0.4, -0.2) is 50.8 Å². The second-order valence-corrected chi connectivity index (χ2v) is 4.13. The Bertz CT molecular complexity index is 416. The van der Waals surface area contributed by atoms with Gasteiger partial charge in [0.1, 0.15) is 0 Å². The van der Waals surface area contributed by atoms with Crippen molar-refractivity contribution in [1.82, 2.24) is 0 Å². The molecule has 0 aromatic heterocycles. The molecule has 0 heterocycles. The molecule has 0 saturated heterocycles. The predicted molar refractivity (Wildman–Crippen MR) is 59.1 cm³/mol. The Morgan fingerprint density at radius 1 is 1.27 bits per heavy atom. The van der Waals surface area contributed by atoms with Gasteiger partial charge in [0.25, 0.3) is 0 Å². The minimum absolute atomic E-state index is 0. The van der Waals surface area contributed by atoms with Gasteiger partial charge < -0.3 is 5.32 Å². The molecule has 1 aromatic carbocycles. The number of hydrogen-bond donors (Lipinski definition) is 2. The number of benzene rings is 1.